The second kappa shape index (κ2) is 6.34. The van der Waals surface area contributed by atoms with E-state index < -0.39 is 15.7 Å². The Hall–Kier alpha value is -2.47. The Morgan fingerprint density at radius 2 is 1.78 bits per heavy atom. The van der Waals surface area contributed by atoms with Crippen molar-refractivity contribution in [1.82, 2.24) is 4.98 Å². The van der Waals surface area contributed by atoms with Crippen LogP contribution in [0.15, 0.2) is 65.3 Å². The Labute approximate surface area is 133 Å². The topological polar surface area (TPSA) is 60.2 Å². The van der Waals surface area contributed by atoms with Crippen LogP contribution in [0.2, 0.25) is 0 Å². The van der Waals surface area contributed by atoms with E-state index in [2.05, 4.69) is 4.98 Å². The van der Waals surface area contributed by atoms with Gasteiger partial charge in [0.2, 0.25) is 5.89 Å². The van der Waals surface area contributed by atoms with Gasteiger partial charge in [0.25, 0.3) is 0 Å². The third-order valence-corrected chi connectivity index (χ3v) is 4.73. The molecule has 0 unspecified atom stereocenters. The minimum atomic E-state index is -3.36. The Bertz CT molecular complexity index is 904. The molecule has 0 bridgehead atoms. The molecule has 0 aliphatic carbocycles. The van der Waals surface area contributed by atoms with Crippen LogP contribution in [0, 0.1) is 5.82 Å². The summed E-state index contributed by atoms with van der Waals surface area (Å²) in [7, 11) is -3.36. The van der Waals surface area contributed by atoms with Crippen LogP contribution in [-0.4, -0.2) is 13.4 Å². The van der Waals surface area contributed by atoms with E-state index >= 15 is 0 Å². The highest BCUT2D eigenvalue weighted by Crippen LogP contribution is 2.21. The van der Waals surface area contributed by atoms with Crippen LogP contribution in [0.5, 0.6) is 0 Å². The van der Waals surface area contributed by atoms with Crippen molar-refractivity contribution in [2.45, 2.75) is 11.5 Å². The molecular formula is C17H14FNO3S. The summed E-state index contributed by atoms with van der Waals surface area (Å²) < 4.78 is 42.9. The lowest BCUT2D eigenvalue weighted by Crippen LogP contribution is -2.07. The van der Waals surface area contributed by atoms with E-state index in [4.69, 9.17) is 4.42 Å². The number of hydrogen-bond acceptors (Lipinski definition) is 4. The average molecular weight is 331 g/mol. The fourth-order valence-electron chi connectivity index (χ4n) is 2.23. The van der Waals surface area contributed by atoms with E-state index in [0.717, 1.165) is 5.56 Å². The van der Waals surface area contributed by atoms with E-state index in [9.17, 15) is 12.8 Å². The van der Waals surface area contributed by atoms with Gasteiger partial charge in [-0.3, -0.25) is 0 Å². The highest BCUT2D eigenvalue weighted by molar-refractivity contribution is 7.89. The second-order valence-electron chi connectivity index (χ2n) is 5.17. The highest BCUT2D eigenvalue weighted by Gasteiger charge is 2.17. The van der Waals surface area contributed by atoms with Crippen molar-refractivity contribution < 1.29 is 17.2 Å². The van der Waals surface area contributed by atoms with Crippen LogP contribution < -0.4 is 0 Å². The van der Waals surface area contributed by atoms with Crippen LogP contribution in [0.1, 0.15) is 11.3 Å². The van der Waals surface area contributed by atoms with Crippen molar-refractivity contribution >= 4 is 9.84 Å². The molecule has 0 amide bonds. The molecule has 1 aromatic heterocycles. The van der Waals surface area contributed by atoms with Crippen LogP contribution in [-0.2, 0) is 21.3 Å². The molecule has 4 nitrogen and oxygen atoms in total. The monoisotopic (exact) mass is 331 g/mol. The van der Waals surface area contributed by atoms with Gasteiger partial charge < -0.3 is 4.42 Å². The van der Waals surface area contributed by atoms with Crippen molar-refractivity contribution in [2.24, 2.45) is 0 Å². The van der Waals surface area contributed by atoms with Gasteiger partial charge >= 0.3 is 0 Å². The second-order valence-corrected chi connectivity index (χ2v) is 7.24. The summed E-state index contributed by atoms with van der Waals surface area (Å²) >= 11 is 0. The predicted octanol–water partition coefficient (Wildman–Crippen LogP) is 3.60. The van der Waals surface area contributed by atoms with Crippen molar-refractivity contribution in [3.8, 4) is 11.5 Å². The normalized spacial score (nSPS) is 11.5. The molecule has 0 N–H and O–H groups in total. The zero-order chi connectivity index (χ0) is 16.3. The van der Waals surface area contributed by atoms with Crippen molar-refractivity contribution in [3.05, 3.63) is 77.9 Å². The summed E-state index contributed by atoms with van der Waals surface area (Å²) in [6.45, 7) is 0. The van der Waals surface area contributed by atoms with Gasteiger partial charge in [-0.05, 0) is 23.8 Å². The van der Waals surface area contributed by atoms with Gasteiger partial charge in [-0.2, -0.15) is 0 Å². The third kappa shape index (κ3) is 4.04. The molecule has 23 heavy (non-hydrogen) atoms. The smallest absolute Gasteiger partial charge is 0.226 e. The van der Waals surface area contributed by atoms with Gasteiger partial charge in [-0.15, -0.1) is 0 Å². The Morgan fingerprint density at radius 3 is 2.52 bits per heavy atom. The molecule has 0 aliphatic rings. The lowest BCUT2D eigenvalue weighted by atomic mass is 10.2. The third-order valence-electron chi connectivity index (χ3n) is 3.22. The van der Waals surface area contributed by atoms with E-state index in [-0.39, 0.29) is 17.4 Å². The Balaban J connectivity index is 1.76. The van der Waals surface area contributed by atoms with Gasteiger partial charge in [0.05, 0.1) is 17.2 Å². The van der Waals surface area contributed by atoms with Crippen LogP contribution in [0.25, 0.3) is 11.5 Å². The fourth-order valence-corrected chi connectivity index (χ4v) is 3.62. The standard InChI is InChI=1S/C17H14FNO3S/c18-15-8-4-7-14(9-15)17-19-16(10-22-17)12-23(20,21)11-13-5-2-1-3-6-13/h1-10H,11-12H2. The number of halogens is 1. The van der Waals surface area contributed by atoms with Gasteiger partial charge in [0, 0.05) is 5.56 Å². The van der Waals surface area contributed by atoms with Crippen LogP contribution in [0.3, 0.4) is 0 Å². The molecule has 0 aliphatic heterocycles. The zero-order valence-electron chi connectivity index (χ0n) is 12.1. The fraction of sp³-hybridized carbons (Fsp3) is 0.118. The number of sulfone groups is 1. The molecular weight excluding hydrogens is 317 g/mol. The van der Waals surface area contributed by atoms with Gasteiger partial charge in [0.1, 0.15) is 12.1 Å². The highest BCUT2D eigenvalue weighted by atomic mass is 32.2. The lowest BCUT2D eigenvalue weighted by Gasteiger charge is -2.02. The first kappa shape index (κ1) is 15.4. The number of aromatic nitrogens is 1. The minimum Gasteiger partial charge on any atom is -0.444 e. The first-order valence-corrected chi connectivity index (χ1v) is 8.79. The summed E-state index contributed by atoms with van der Waals surface area (Å²) in [5.41, 5.74) is 1.50. The molecule has 0 spiro atoms. The molecule has 0 radical (unpaired) electrons. The largest absolute Gasteiger partial charge is 0.444 e. The molecule has 0 fully saturated rings. The first-order valence-electron chi connectivity index (χ1n) is 6.96. The molecule has 3 aromatic rings. The average Bonchev–Trinajstić information content (AvgIpc) is 2.95. The molecule has 0 saturated carbocycles. The number of nitrogens with zero attached hydrogens (tertiary/aromatic N) is 1. The van der Waals surface area contributed by atoms with Crippen molar-refractivity contribution in [1.29, 1.82) is 0 Å². The SMILES string of the molecule is O=S(=O)(Cc1ccccc1)Cc1coc(-c2cccc(F)c2)n1. The molecule has 0 atom stereocenters. The lowest BCUT2D eigenvalue weighted by molar-refractivity contribution is 0.570. The van der Waals surface area contributed by atoms with E-state index in [1.54, 1.807) is 36.4 Å². The molecule has 118 valence electrons. The van der Waals surface area contributed by atoms with Crippen LogP contribution >= 0.6 is 0 Å². The molecule has 1 heterocycles. The first-order chi connectivity index (χ1) is 11.0. The maximum absolute atomic E-state index is 13.2. The Morgan fingerprint density at radius 1 is 1.00 bits per heavy atom. The zero-order valence-corrected chi connectivity index (χ0v) is 13.0. The summed E-state index contributed by atoms with van der Waals surface area (Å²) in [5, 5.41) is 0. The number of oxazole rings is 1. The van der Waals surface area contributed by atoms with Gasteiger partial charge in [-0.1, -0.05) is 36.4 Å². The predicted molar refractivity (Wildman–Crippen MR) is 84.7 cm³/mol. The maximum atomic E-state index is 13.2. The summed E-state index contributed by atoms with van der Waals surface area (Å²) in [5.74, 6) is -0.482. The molecule has 2 aromatic carbocycles. The Kier molecular flexibility index (Phi) is 4.25. The molecule has 0 saturated heterocycles. The van der Waals surface area contributed by atoms with E-state index in [1.165, 1.54) is 18.4 Å². The van der Waals surface area contributed by atoms with Gasteiger partial charge in [0.15, 0.2) is 9.84 Å². The summed E-state index contributed by atoms with van der Waals surface area (Å²) in [6, 6.07) is 14.7. The van der Waals surface area contributed by atoms with Crippen LogP contribution in [0.4, 0.5) is 4.39 Å². The van der Waals surface area contributed by atoms with E-state index in [1.807, 2.05) is 6.07 Å². The minimum absolute atomic E-state index is 0.0595. The quantitative estimate of drug-likeness (QED) is 0.717. The summed E-state index contributed by atoms with van der Waals surface area (Å²) in [4.78, 5) is 4.14. The number of rotatable bonds is 5. The number of hydrogen-bond donors (Lipinski definition) is 0. The van der Waals surface area contributed by atoms with Crippen molar-refractivity contribution in [3.63, 3.8) is 0 Å². The molecule has 6 heteroatoms. The van der Waals surface area contributed by atoms with Gasteiger partial charge in [-0.25, -0.2) is 17.8 Å². The van der Waals surface area contributed by atoms with Crippen molar-refractivity contribution in [2.75, 3.05) is 0 Å². The van der Waals surface area contributed by atoms with E-state index in [0.29, 0.717) is 11.3 Å². The summed E-state index contributed by atoms with van der Waals surface area (Å²) in [6.07, 6.45) is 1.29. The maximum Gasteiger partial charge on any atom is 0.226 e. The molecule has 3 rings (SSSR count). The number of benzene rings is 2.